The van der Waals surface area contributed by atoms with Crippen molar-refractivity contribution in [2.24, 2.45) is 11.8 Å². The maximum atomic E-state index is 12.2. The summed E-state index contributed by atoms with van der Waals surface area (Å²) in [6.07, 6.45) is 2.01. The van der Waals surface area contributed by atoms with Gasteiger partial charge in [0.15, 0.2) is 0 Å². The van der Waals surface area contributed by atoms with Gasteiger partial charge in [0.05, 0.1) is 18.0 Å². The molecule has 1 saturated carbocycles. The van der Waals surface area contributed by atoms with Crippen molar-refractivity contribution in [2.45, 2.75) is 31.3 Å². The second-order valence-electron chi connectivity index (χ2n) is 5.66. The van der Waals surface area contributed by atoms with Gasteiger partial charge >= 0.3 is 6.09 Å². The Morgan fingerprint density at radius 3 is 2.60 bits per heavy atom. The van der Waals surface area contributed by atoms with Crippen LogP contribution in [0.1, 0.15) is 30.9 Å². The second-order valence-corrected chi connectivity index (χ2v) is 5.66. The molecular formula is C15H18N2O3. The van der Waals surface area contributed by atoms with Gasteiger partial charge in [-0.25, -0.2) is 4.79 Å². The van der Waals surface area contributed by atoms with Crippen LogP contribution in [-0.2, 0) is 4.79 Å². The van der Waals surface area contributed by atoms with Gasteiger partial charge < -0.3 is 15.7 Å². The number of hydrogen-bond acceptors (Lipinski definition) is 2. The van der Waals surface area contributed by atoms with Gasteiger partial charge in [-0.1, -0.05) is 43.2 Å². The number of rotatable bonds is 4. The second kappa shape index (κ2) is 5.15. The van der Waals surface area contributed by atoms with Crippen molar-refractivity contribution in [2.75, 3.05) is 0 Å². The molecule has 0 spiro atoms. The summed E-state index contributed by atoms with van der Waals surface area (Å²) < 4.78 is 0. The first kappa shape index (κ1) is 13.0. The standard InChI is InChI=1S/C15H18N2O3/c18-14-11(8-9-6-7-9)13(17-15(19)20)12(16-14)10-4-2-1-3-5-10/h1-5,9,11-13,17H,6-8H2,(H,16,18)(H,19,20). The smallest absolute Gasteiger partial charge is 0.404 e. The first-order valence-electron chi connectivity index (χ1n) is 7.00. The van der Waals surface area contributed by atoms with Gasteiger partial charge in [0.2, 0.25) is 5.91 Å². The Morgan fingerprint density at radius 1 is 1.30 bits per heavy atom. The first-order valence-corrected chi connectivity index (χ1v) is 7.00. The minimum atomic E-state index is -1.08. The van der Waals surface area contributed by atoms with Crippen molar-refractivity contribution >= 4 is 12.0 Å². The van der Waals surface area contributed by atoms with Crippen molar-refractivity contribution < 1.29 is 14.7 Å². The van der Waals surface area contributed by atoms with E-state index >= 15 is 0 Å². The fourth-order valence-corrected chi connectivity index (χ4v) is 2.99. The van der Waals surface area contributed by atoms with Gasteiger partial charge in [-0.05, 0) is 17.9 Å². The van der Waals surface area contributed by atoms with Crippen LogP contribution in [0.2, 0.25) is 0 Å². The Labute approximate surface area is 117 Å². The van der Waals surface area contributed by atoms with Gasteiger partial charge in [0.25, 0.3) is 0 Å². The van der Waals surface area contributed by atoms with Crippen LogP contribution in [-0.4, -0.2) is 23.1 Å². The predicted molar refractivity (Wildman–Crippen MR) is 73.1 cm³/mol. The third-order valence-corrected chi connectivity index (χ3v) is 4.16. The zero-order chi connectivity index (χ0) is 14.1. The topological polar surface area (TPSA) is 78.4 Å². The molecule has 3 rings (SSSR count). The highest BCUT2D eigenvalue weighted by Crippen LogP contribution is 2.40. The molecule has 106 valence electrons. The minimum Gasteiger partial charge on any atom is -0.465 e. The van der Waals surface area contributed by atoms with Crippen molar-refractivity contribution in [1.82, 2.24) is 10.6 Å². The van der Waals surface area contributed by atoms with E-state index in [-0.39, 0.29) is 23.9 Å². The average Bonchev–Trinajstić information content (AvgIpc) is 3.19. The van der Waals surface area contributed by atoms with Crippen molar-refractivity contribution in [3.63, 3.8) is 0 Å². The summed E-state index contributed by atoms with van der Waals surface area (Å²) in [7, 11) is 0. The highest BCUT2D eigenvalue weighted by Gasteiger charge is 2.45. The van der Waals surface area contributed by atoms with Gasteiger partial charge in [0.1, 0.15) is 0 Å². The molecule has 0 bridgehead atoms. The average molecular weight is 274 g/mol. The highest BCUT2D eigenvalue weighted by molar-refractivity contribution is 5.84. The van der Waals surface area contributed by atoms with Crippen LogP contribution in [0.5, 0.6) is 0 Å². The highest BCUT2D eigenvalue weighted by atomic mass is 16.4. The van der Waals surface area contributed by atoms with Crippen molar-refractivity contribution in [3.8, 4) is 0 Å². The van der Waals surface area contributed by atoms with Crippen LogP contribution in [0.3, 0.4) is 0 Å². The van der Waals surface area contributed by atoms with Crippen molar-refractivity contribution in [3.05, 3.63) is 35.9 Å². The zero-order valence-corrected chi connectivity index (χ0v) is 11.1. The molecule has 1 heterocycles. The Hall–Kier alpha value is -2.04. The fourth-order valence-electron chi connectivity index (χ4n) is 2.99. The third-order valence-electron chi connectivity index (χ3n) is 4.16. The van der Waals surface area contributed by atoms with Gasteiger partial charge in [0, 0.05) is 0 Å². The number of amides is 2. The van der Waals surface area contributed by atoms with E-state index in [0.717, 1.165) is 24.8 Å². The molecule has 2 amide bonds. The largest absolute Gasteiger partial charge is 0.465 e. The first-order chi connectivity index (χ1) is 9.65. The Morgan fingerprint density at radius 2 is 2.00 bits per heavy atom. The maximum absolute atomic E-state index is 12.2. The van der Waals surface area contributed by atoms with Crippen LogP contribution >= 0.6 is 0 Å². The Bertz CT molecular complexity index is 513. The van der Waals surface area contributed by atoms with E-state index in [2.05, 4.69) is 10.6 Å². The summed E-state index contributed by atoms with van der Waals surface area (Å²) >= 11 is 0. The minimum absolute atomic E-state index is 0.0375. The van der Waals surface area contributed by atoms with E-state index in [9.17, 15) is 9.59 Å². The molecule has 2 aliphatic rings. The molecule has 5 nitrogen and oxygen atoms in total. The van der Waals surface area contributed by atoms with E-state index in [4.69, 9.17) is 5.11 Å². The molecule has 2 fully saturated rings. The molecule has 3 atom stereocenters. The lowest BCUT2D eigenvalue weighted by molar-refractivity contribution is -0.123. The van der Waals surface area contributed by atoms with Gasteiger partial charge in [-0.2, -0.15) is 0 Å². The number of nitrogens with one attached hydrogen (secondary N) is 2. The molecule has 3 N–H and O–H groups in total. The van der Waals surface area contributed by atoms with E-state index in [1.165, 1.54) is 0 Å². The summed E-state index contributed by atoms with van der Waals surface area (Å²) in [4.78, 5) is 23.2. The number of carbonyl (C=O) groups is 2. The summed E-state index contributed by atoms with van der Waals surface area (Å²) in [5, 5.41) is 14.5. The van der Waals surface area contributed by atoms with Crippen LogP contribution < -0.4 is 10.6 Å². The Balaban J connectivity index is 1.84. The normalized spacial score (nSPS) is 29.0. The molecule has 1 aromatic rings. The van der Waals surface area contributed by atoms with E-state index in [0.29, 0.717) is 5.92 Å². The molecule has 20 heavy (non-hydrogen) atoms. The molecule has 1 aliphatic carbocycles. The molecule has 3 unspecified atom stereocenters. The third kappa shape index (κ3) is 2.61. The van der Waals surface area contributed by atoms with Gasteiger partial charge in [-0.3, -0.25) is 4.79 Å². The zero-order valence-electron chi connectivity index (χ0n) is 11.1. The molecular weight excluding hydrogens is 256 g/mol. The van der Waals surface area contributed by atoms with E-state index in [1.54, 1.807) is 0 Å². The fraction of sp³-hybridized carbons (Fsp3) is 0.467. The summed E-state index contributed by atoms with van der Waals surface area (Å²) in [5.41, 5.74) is 0.942. The molecule has 0 radical (unpaired) electrons. The molecule has 0 aromatic heterocycles. The molecule has 1 saturated heterocycles. The monoisotopic (exact) mass is 274 g/mol. The summed E-state index contributed by atoms with van der Waals surface area (Å²) in [6.45, 7) is 0. The van der Waals surface area contributed by atoms with Crippen molar-refractivity contribution in [1.29, 1.82) is 0 Å². The van der Waals surface area contributed by atoms with Gasteiger partial charge in [-0.15, -0.1) is 0 Å². The maximum Gasteiger partial charge on any atom is 0.404 e. The Kier molecular flexibility index (Phi) is 3.34. The number of hydrogen-bond donors (Lipinski definition) is 3. The predicted octanol–water partition coefficient (Wildman–Crippen LogP) is 1.91. The molecule has 5 heteroatoms. The van der Waals surface area contributed by atoms with Crippen LogP contribution in [0, 0.1) is 11.8 Å². The lowest BCUT2D eigenvalue weighted by Crippen LogP contribution is -2.41. The van der Waals surface area contributed by atoms with Crippen LogP contribution in [0.15, 0.2) is 30.3 Å². The quantitative estimate of drug-likeness (QED) is 0.784. The molecule has 1 aromatic carbocycles. The van der Waals surface area contributed by atoms with Crippen LogP contribution in [0.25, 0.3) is 0 Å². The molecule has 1 aliphatic heterocycles. The number of carboxylic acid groups (broad SMARTS) is 1. The van der Waals surface area contributed by atoms with E-state index < -0.39 is 6.09 Å². The van der Waals surface area contributed by atoms with E-state index in [1.807, 2.05) is 30.3 Å². The SMILES string of the molecule is O=C(O)NC1C(CC2CC2)C(=O)NC1c1ccccc1. The lowest BCUT2D eigenvalue weighted by atomic mass is 9.90. The summed E-state index contributed by atoms with van der Waals surface area (Å²) in [5.74, 6) is 0.284. The number of carbonyl (C=O) groups excluding carboxylic acids is 1. The lowest BCUT2D eigenvalue weighted by Gasteiger charge is -2.22. The van der Waals surface area contributed by atoms with Crippen LogP contribution in [0.4, 0.5) is 4.79 Å². The number of benzene rings is 1. The summed E-state index contributed by atoms with van der Waals surface area (Å²) in [6, 6.07) is 8.87.